The average Bonchev–Trinajstić information content (AvgIpc) is 2.87. The summed E-state index contributed by atoms with van der Waals surface area (Å²) in [6.45, 7) is 9.89. The average molecular weight is 400 g/mol. The summed E-state index contributed by atoms with van der Waals surface area (Å²) in [5.41, 5.74) is -0.723. The highest BCUT2D eigenvalue weighted by Crippen LogP contribution is 2.28. The number of nitrogens with zero attached hydrogens (tertiary/aromatic N) is 7. The van der Waals surface area contributed by atoms with E-state index in [1.54, 1.807) is 4.57 Å². The van der Waals surface area contributed by atoms with Crippen LogP contribution in [-0.4, -0.2) is 29.0 Å². The van der Waals surface area contributed by atoms with Gasteiger partial charge in [-0.1, -0.05) is 6.92 Å². The molecule has 0 unspecified atom stereocenters. The lowest BCUT2D eigenvalue weighted by atomic mass is 10.3. The summed E-state index contributed by atoms with van der Waals surface area (Å²) in [7, 11) is 0. The number of aromatic nitrogens is 5. The Kier molecular flexibility index (Phi) is 6.30. The Labute approximate surface area is 161 Å². The Bertz CT molecular complexity index is 943. The molecule has 0 saturated heterocycles. The molecular formula is C15H22ClN7O2S. The highest BCUT2D eigenvalue weighted by Gasteiger charge is 2.20. The SMILES string of the molecule is CCCn1c(Cl)nnc1N=Nc1c(O)n(C(C)C)c(=S)n(C(C)C)c1=O. The fraction of sp³-hybridized carbons (Fsp3) is 0.600. The second-order valence-corrected chi connectivity index (χ2v) is 7.01. The molecule has 142 valence electrons. The van der Waals surface area contributed by atoms with E-state index < -0.39 is 5.56 Å². The van der Waals surface area contributed by atoms with Crippen LogP contribution in [0.3, 0.4) is 0 Å². The minimum atomic E-state index is -0.518. The number of halogens is 1. The fourth-order valence-corrected chi connectivity index (χ4v) is 3.28. The van der Waals surface area contributed by atoms with Crippen molar-refractivity contribution in [1.29, 1.82) is 0 Å². The second-order valence-electron chi connectivity index (χ2n) is 6.31. The van der Waals surface area contributed by atoms with E-state index >= 15 is 0 Å². The van der Waals surface area contributed by atoms with Gasteiger partial charge in [0.1, 0.15) is 0 Å². The van der Waals surface area contributed by atoms with Gasteiger partial charge in [-0.2, -0.15) is 0 Å². The number of rotatable bonds is 6. The van der Waals surface area contributed by atoms with Crippen molar-refractivity contribution >= 4 is 35.5 Å². The van der Waals surface area contributed by atoms with Crippen molar-refractivity contribution in [1.82, 2.24) is 23.9 Å². The molecule has 0 amide bonds. The maximum absolute atomic E-state index is 12.8. The zero-order valence-corrected chi connectivity index (χ0v) is 16.9. The lowest BCUT2D eigenvalue weighted by molar-refractivity contribution is 0.372. The molecule has 0 radical (unpaired) electrons. The first-order valence-electron chi connectivity index (χ1n) is 8.31. The Morgan fingerprint density at radius 2 is 1.77 bits per heavy atom. The van der Waals surface area contributed by atoms with E-state index in [9.17, 15) is 9.90 Å². The number of azo groups is 1. The first-order valence-corrected chi connectivity index (χ1v) is 9.09. The molecule has 0 atom stereocenters. The predicted molar refractivity (Wildman–Crippen MR) is 101 cm³/mol. The standard InChI is InChI=1S/C15H22ClN7O2S/c1-6-7-21-13(16)18-20-14(21)19-17-10-11(24)22(8(2)3)15(26)23(9(4)5)12(10)25/h8-9,24H,6-7H2,1-5H3. The zero-order chi connectivity index (χ0) is 19.6. The Balaban J connectivity index is 2.67. The van der Waals surface area contributed by atoms with Crippen molar-refractivity contribution in [3.63, 3.8) is 0 Å². The van der Waals surface area contributed by atoms with Gasteiger partial charge in [0, 0.05) is 18.6 Å². The van der Waals surface area contributed by atoms with Crippen molar-refractivity contribution in [3.8, 4) is 5.88 Å². The van der Waals surface area contributed by atoms with E-state index in [0.29, 0.717) is 6.54 Å². The predicted octanol–water partition coefficient (Wildman–Crippen LogP) is 4.32. The maximum atomic E-state index is 12.8. The van der Waals surface area contributed by atoms with Crippen molar-refractivity contribution in [2.75, 3.05) is 0 Å². The van der Waals surface area contributed by atoms with E-state index in [4.69, 9.17) is 23.8 Å². The van der Waals surface area contributed by atoms with Crippen LogP contribution < -0.4 is 5.56 Å². The third-order valence-electron chi connectivity index (χ3n) is 3.68. The summed E-state index contributed by atoms with van der Waals surface area (Å²) in [6.07, 6.45) is 0.795. The third kappa shape index (κ3) is 3.70. The minimum absolute atomic E-state index is 0.158. The molecule has 2 rings (SSSR count). The third-order valence-corrected chi connectivity index (χ3v) is 4.35. The summed E-state index contributed by atoms with van der Waals surface area (Å²) >= 11 is 11.3. The number of aromatic hydroxyl groups is 1. The van der Waals surface area contributed by atoms with Gasteiger partial charge >= 0.3 is 0 Å². The molecule has 9 nitrogen and oxygen atoms in total. The van der Waals surface area contributed by atoms with Gasteiger partial charge in [0.2, 0.25) is 16.9 Å². The summed E-state index contributed by atoms with van der Waals surface area (Å²) in [4.78, 5) is 12.8. The highest BCUT2D eigenvalue weighted by atomic mass is 35.5. The molecule has 0 fully saturated rings. The number of hydrogen-bond donors (Lipinski definition) is 1. The first kappa shape index (κ1) is 20.2. The Morgan fingerprint density at radius 1 is 1.15 bits per heavy atom. The lowest BCUT2D eigenvalue weighted by Gasteiger charge is -2.19. The smallest absolute Gasteiger partial charge is 0.286 e. The molecule has 26 heavy (non-hydrogen) atoms. The van der Waals surface area contributed by atoms with Gasteiger partial charge < -0.3 is 5.11 Å². The molecular weight excluding hydrogens is 378 g/mol. The van der Waals surface area contributed by atoms with E-state index in [0.717, 1.165) is 6.42 Å². The molecule has 2 aromatic rings. The summed E-state index contributed by atoms with van der Waals surface area (Å²) in [5, 5.41) is 26.3. The molecule has 0 saturated carbocycles. The number of hydrogen-bond acceptors (Lipinski definition) is 7. The fourth-order valence-electron chi connectivity index (χ4n) is 2.49. The van der Waals surface area contributed by atoms with Crippen LogP contribution in [-0.2, 0) is 6.54 Å². The molecule has 0 aliphatic heterocycles. The van der Waals surface area contributed by atoms with E-state index in [-0.39, 0.29) is 39.7 Å². The van der Waals surface area contributed by atoms with Gasteiger partial charge in [-0.05, 0) is 57.9 Å². The van der Waals surface area contributed by atoms with Crippen molar-refractivity contribution in [2.24, 2.45) is 10.2 Å². The van der Waals surface area contributed by atoms with Gasteiger partial charge in [-0.15, -0.1) is 20.4 Å². The van der Waals surface area contributed by atoms with E-state index in [1.165, 1.54) is 9.13 Å². The highest BCUT2D eigenvalue weighted by molar-refractivity contribution is 7.71. The first-order chi connectivity index (χ1) is 12.2. The second kappa shape index (κ2) is 8.09. The summed E-state index contributed by atoms with van der Waals surface area (Å²) in [5.74, 6) is -0.173. The van der Waals surface area contributed by atoms with Gasteiger partial charge in [0.05, 0.1) is 0 Å². The molecule has 1 N–H and O–H groups in total. The van der Waals surface area contributed by atoms with E-state index in [2.05, 4.69) is 20.4 Å². The molecule has 0 spiro atoms. The van der Waals surface area contributed by atoms with Crippen molar-refractivity contribution in [2.45, 2.75) is 59.7 Å². The minimum Gasteiger partial charge on any atom is -0.493 e. The van der Waals surface area contributed by atoms with Crippen LogP contribution in [0.2, 0.25) is 5.28 Å². The molecule has 0 aliphatic rings. The van der Waals surface area contributed by atoms with E-state index in [1.807, 2.05) is 34.6 Å². The van der Waals surface area contributed by atoms with Gasteiger partial charge in [-0.25, -0.2) is 0 Å². The quantitative estimate of drug-likeness (QED) is 0.575. The molecule has 11 heteroatoms. The van der Waals surface area contributed by atoms with Crippen LogP contribution in [0.4, 0.5) is 11.6 Å². The van der Waals surface area contributed by atoms with Crippen LogP contribution in [0.1, 0.15) is 53.1 Å². The van der Waals surface area contributed by atoms with Gasteiger partial charge in [0.25, 0.3) is 11.5 Å². The summed E-state index contributed by atoms with van der Waals surface area (Å²) < 4.78 is 4.66. The molecule has 0 bridgehead atoms. The van der Waals surface area contributed by atoms with Crippen molar-refractivity contribution in [3.05, 3.63) is 20.4 Å². The summed E-state index contributed by atoms with van der Waals surface area (Å²) in [6, 6.07) is -0.368. The topological polar surface area (TPSA) is 103 Å². The van der Waals surface area contributed by atoms with Gasteiger partial charge in [0.15, 0.2) is 4.77 Å². The van der Waals surface area contributed by atoms with Crippen LogP contribution in [0.15, 0.2) is 15.0 Å². The Hall–Kier alpha value is -2.07. The van der Waals surface area contributed by atoms with Gasteiger partial charge in [-0.3, -0.25) is 18.5 Å². The zero-order valence-electron chi connectivity index (χ0n) is 15.3. The largest absolute Gasteiger partial charge is 0.493 e. The molecule has 0 aliphatic carbocycles. The normalized spacial score (nSPS) is 12.0. The van der Waals surface area contributed by atoms with Crippen LogP contribution in [0.25, 0.3) is 0 Å². The molecule has 2 aromatic heterocycles. The van der Waals surface area contributed by atoms with Crippen LogP contribution >= 0.6 is 23.8 Å². The monoisotopic (exact) mass is 399 g/mol. The van der Waals surface area contributed by atoms with Crippen LogP contribution in [0, 0.1) is 4.77 Å². The van der Waals surface area contributed by atoms with Crippen LogP contribution in [0.5, 0.6) is 5.88 Å². The van der Waals surface area contributed by atoms with Crippen molar-refractivity contribution < 1.29 is 5.11 Å². The lowest BCUT2D eigenvalue weighted by Crippen LogP contribution is -2.27. The molecule has 0 aromatic carbocycles. The molecule has 2 heterocycles. The Morgan fingerprint density at radius 3 is 2.31 bits per heavy atom. The maximum Gasteiger partial charge on any atom is 0.286 e.